The number of hydrogen-bond acceptors (Lipinski definition) is 3. The number of fused-ring (bicyclic) bond motifs is 1. The van der Waals surface area contributed by atoms with Gasteiger partial charge in [0.25, 0.3) is 0 Å². The molecule has 0 amide bonds. The Kier molecular flexibility index (Phi) is 2.60. The highest BCUT2D eigenvalue weighted by Crippen LogP contribution is 2.31. The zero-order chi connectivity index (χ0) is 10.8. The first-order valence-corrected chi connectivity index (χ1v) is 4.92. The molecule has 2 rings (SSSR count). The molecule has 15 heavy (non-hydrogen) atoms. The van der Waals surface area contributed by atoms with Gasteiger partial charge in [-0.25, -0.2) is 4.79 Å². The van der Waals surface area contributed by atoms with Crippen LogP contribution in [0.3, 0.4) is 0 Å². The Balaban J connectivity index is 2.31. The monoisotopic (exact) mass is 208 g/mol. The molecule has 1 aliphatic carbocycles. The number of carboxylic acids is 1. The Labute approximate surface area is 87.4 Å². The molecule has 0 saturated carbocycles. The molecule has 0 saturated heterocycles. The fourth-order valence-corrected chi connectivity index (χ4v) is 1.62. The second kappa shape index (κ2) is 3.90. The average Bonchev–Trinajstić information content (AvgIpc) is 2.61. The Bertz CT molecular complexity index is 376. The molecule has 80 valence electrons. The summed E-state index contributed by atoms with van der Waals surface area (Å²) in [5.41, 5.74) is 1.10. The second-order valence-corrected chi connectivity index (χ2v) is 3.49. The van der Waals surface area contributed by atoms with Gasteiger partial charge in [0.1, 0.15) is 5.76 Å². The smallest absolute Gasteiger partial charge is 0.335 e. The van der Waals surface area contributed by atoms with E-state index < -0.39 is 5.97 Å². The van der Waals surface area contributed by atoms with Gasteiger partial charge in [-0.1, -0.05) is 6.92 Å². The predicted octanol–water partition coefficient (Wildman–Crippen LogP) is 1.95. The Morgan fingerprint density at radius 1 is 1.60 bits per heavy atom. The van der Waals surface area contributed by atoms with Crippen LogP contribution in [-0.4, -0.2) is 17.2 Å². The molecule has 0 aromatic carbocycles. The van der Waals surface area contributed by atoms with Crippen LogP contribution in [0.2, 0.25) is 0 Å². The van der Waals surface area contributed by atoms with Gasteiger partial charge in [-0.15, -0.1) is 0 Å². The maximum absolute atomic E-state index is 10.8. The summed E-state index contributed by atoms with van der Waals surface area (Å²) in [5, 5.41) is 8.85. The maximum atomic E-state index is 10.8. The van der Waals surface area contributed by atoms with Gasteiger partial charge in [-0.2, -0.15) is 4.89 Å². The van der Waals surface area contributed by atoms with Gasteiger partial charge < -0.3 is 9.99 Å². The first-order chi connectivity index (χ1) is 7.22. The molecule has 0 spiro atoms. The summed E-state index contributed by atoms with van der Waals surface area (Å²) in [4.78, 5) is 20.9. The van der Waals surface area contributed by atoms with Crippen molar-refractivity contribution in [3.8, 4) is 0 Å². The Morgan fingerprint density at radius 3 is 3.07 bits per heavy atom. The Morgan fingerprint density at radius 2 is 2.40 bits per heavy atom. The minimum Gasteiger partial charge on any atom is -0.478 e. The minimum absolute atomic E-state index is 0.241. The van der Waals surface area contributed by atoms with E-state index in [4.69, 9.17) is 14.9 Å². The average molecular weight is 208 g/mol. The fraction of sp³-hybridized carbons (Fsp3) is 0.364. The molecular formula is C11H12O4. The first kappa shape index (κ1) is 9.98. The lowest BCUT2D eigenvalue weighted by molar-refractivity contribution is -0.254. The molecule has 4 nitrogen and oxygen atoms in total. The van der Waals surface area contributed by atoms with Gasteiger partial charge in [-0.3, -0.25) is 0 Å². The van der Waals surface area contributed by atoms with Crippen molar-refractivity contribution in [2.45, 2.75) is 25.9 Å². The lowest BCUT2D eigenvalue weighted by Crippen LogP contribution is -2.11. The molecule has 4 heteroatoms. The summed E-state index contributed by atoms with van der Waals surface area (Å²) < 4.78 is 0. The number of carbonyl (C=O) groups is 1. The second-order valence-electron chi connectivity index (χ2n) is 3.49. The van der Waals surface area contributed by atoms with Crippen LogP contribution in [0.5, 0.6) is 0 Å². The molecule has 0 radical (unpaired) electrons. The van der Waals surface area contributed by atoms with Crippen molar-refractivity contribution >= 4 is 5.97 Å². The van der Waals surface area contributed by atoms with Gasteiger partial charge >= 0.3 is 5.97 Å². The van der Waals surface area contributed by atoms with Crippen molar-refractivity contribution in [3.63, 3.8) is 0 Å². The SMILES string of the molecule is CCCC1=C2C=C(C(=O)O)C=CC2OO1. The van der Waals surface area contributed by atoms with E-state index in [1.807, 2.05) is 6.92 Å². The lowest BCUT2D eigenvalue weighted by atomic mass is 9.97. The molecular weight excluding hydrogens is 196 g/mol. The van der Waals surface area contributed by atoms with Crippen molar-refractivity contribution in [2.24, 2.45) is 0 Å². The molecule has 0 aromatic rings. The number of allylic oxidation sites excluding steroid dienone is 1. The summed E-state index contributed by atoms with van der Waals surface area (Å²) in [6.45, 7) is 2.03. The first-order valence-electron chi connectivity index (χ1n) is 4.92. The van der Waals surface area contributed by atoms with Crippen LogP contribution in [0.4, 0.5) is 0 Å². The van der Waals surface area contributed by atoms with Crippen LogP contribution in [0.1, 0.15) is 19.8 Å². The van der Waals surface area contributed by atoms with Gasteiger partial charge in [0.2, 0.25) is 0 Å². The van der Waals surface area contributed by atoms with Crippen LogP contribution in [-0.2, 0) is 14.6 Å². The van der Waals surface area contributed by atoms with E-state index in [9.17, 15) is 4.79 Å². The number of carboxylic acid groups (broad SMARTS) is 1. The predicted molar refractivity (Wildman–Crippen MR) is 52.8 cm³/mol. The van der Waals surface area contributed by atoms with E-state index in [1.165, 1.54) is 6.08 Å². The normalized spacial score (nSPS) is 23.5. The Hall–Kier alpha value is -1.55. The van der Waals surface area contributed by atoms with Crippen molar-refractivity contribution < 1.29 is 19.7 Å². The van der Waals surface area contributed by atoms with E-state index in [0.717, 1.165) is 24.2 Å². The summed E-state index contributed by atoms with van der Waals surface area (Å²) in [5.74, 6) is -0.189. The quantitative estimate of drug-likeness (QED) is 0.720. The van der Waals surface area contributed by atoms with Gasteiger partial charge in [0.05, 0.1) is 5.57 Å². The van der Waals surface area contributed by atoms with Crippen LogP contribution in [0.15, 0.2) is 35.1 Å². The fourth-order valence-electron chi connectivity index (χ4n) is 1.62. The third-order valence-electron chi connectivity index (χ3n) is 2.37. The van der Waals surface area contributed by atoms with Crippen molar-refractivity contribution in [1.29, 1.82) is 0 Å². The van der Waals surface area contributed by atoms with Crippen molar-refractivity contribution in [2.75, 3.05) is 0 Å². The molecule has 0 fully saturated rings. The number of hydrogen-bond donors (Lipinski definition) is 1. The van der Waals surface area contributed by atoms with Crippen LogP contribution >= 0.6 is 0 Å². The van der Waals surface area contributed by atoms with Crippen molar-refractivity contribution in [1.82, 2.24) is 0 Å². The molecule has 1 atom stereocenters. The third-order valence-corrected chi connectivity index (χ3v) is 2.37. The lowest BCUT2D eigenvalue weighted by Gasteiger charge is -2.08. The molecule has 0 bridgehead atoms. The highest BCUT2D eigenvalue weighted by molar-refractivity contribution is 5.91. The van der Waals surface area contributed by atoms with Crippen LogP contribution in [0.25, 0.3) is 0 Å². The number of rotatable bonds is 3. The van der Waals surface area contributed by atoms with Crippen molar-refractivity contribution in [3.05, 3.63) is 35.1 Å². The van der Waals surface area contributed by atoms with Crippen LogP contribution < -0.4 is 0 Å². The largest absolute Gasteiger partial charge is 0.478 e. The highest BCUT2D eigenvalue weighted by Gasteiger charge is 2.28. The summed E-state index contributed by atoms with van der Waals surface area (Å²) in [6.07, 6.45) is 6.31. The van der Waals surface area contributed by atoms with E-state index in [2.05, 4.69) is 0 Å². The zero-order valence-electron chi connectivity index (χ0n) is 8.40. The molecule has 1 N–H and O–H groups in total. The van der Waals surface area contributed by atoms with E-state index in [1.54, 1.807) is 12.2 Å². The van der Waals surface area contributed by atoms with E-state index in [0.29, 0.717) is 0 Å². The molecule has 2 aliphatic rings. The minimum atomic E-state index is -0.931. The maximum Gasteiger partial charge on any atom is 0.335 e. The van der Waals surface area contributed by atoms with Gasteiger partial charge in [0, 0.05) is 12.0 Å². The molecule has 1 aliphatic heterocycles. The number of aliphatic carboxylic acids is 1. The van der Waals surface area contributed by atoms with Gasteiger partial charge in [-0.05, 0) is 24.6 Å². The van der Waals surface area contributed by atoms with E-state index >= 15 is 0 Å². The topological polar surface area (TPSA) is 55.8 Å². The zero-order valence-corrected chi connectivity index (χ0v) is 8.40. The highest BCUT2D eigenvalue weighted by atomic mass is 17.2. The van der Waals surface area contributed by atoms with Gasteiger partial charge in [0.15, 0.2) is 6.10 Å². The molecule has 1 unspecified atom stereocenters. The molecule has 0 aromatic heterocycles. The van der Waals surface area contributed by atoms with E-state index in [-0.39, 0.29) is 11.7 Å². The summed E-state index contributed by atoms with van der Waals surface area (Å²) >= 11 is 0. The standard InChI is InChI=1S/C11H12O4/c1-2-3-9-8-6-7(11(12)13)4-5-10(8)15-14-9/h4-6,10H,2-3H2,1H3,(H,12,13). The van der Waals surface area contributed by atoms with Crippen LogP contribution in [0, 0.1) is 0 Å². The summed E-state index contributed by atoms with van der Waals surface area (Å²) in [7, 11) is 0. The third kappa shape index (κ3) is 1.80. The summed E-state index contributed by atoms with van der Waals surface area (Å²) in [6, 6.07) is 0. The molecule has 1 heterocycles.